The fourth-order valence-electron chi connectivity index (χ4n) is 1.51. The van der Waals surface area contributed by atoms with Gasteiger partial charge in [-0.15, -0.1) is 0 Å². The summed E-state index contributed by atoms with van der Waals surface area (Å²) in [6.45, 7) is 0. The van der Waals surface area contributed by atoms with Gasteiger partial charge in [-0.2, -0.15) is 8.42 Å². The number of benzene rings is 2. The van der Waals surface area contributed by atoms with Gasteiger partial charge >= 0.3 is 0 Å². The van der Waals surface area contributed by atoms with Gasteiger partial charge in [-0.3, -0.25) is 4.55 Å². The van der Waals surface area contributed by atoms with Crippen molar-refractivity contribution in [2.75, 3.05) is 5.73 Å². The van der Waals surface area contributed by atoms with Crippen LogP contribution < -0.4 is 10.5 Å². The zero-order valence-electron chi connectivity index (χ0n) is 11.2. The molecule has 5 nitrogen and oxygen atoms in total. The predicted octanol–water partition coefficient (Wildman–Crippen LogP) is 3.89. The maximum atomic E-state index is 11.4. The zero-order chi connectivity index (χ0) is 15.8. The summed E-state index contributed by atoms with van der Waals surface area (Å²) in [5, 5.41) is 0.188. The molecule has 10 heteroatoms. The zero-order valence-corrected chi connectivity index (χ0v) is 16.3. The molecule has 2 rings (SSSR count). The fraction of sp³-hybridized carbons (Fsp3) is 0. The summed E-state index contributed by atoms with van der Waals surface area (Å²) >= 11 is 17.5. The quantitative estimate of drug-likeness (QED) is 0.471. The van der Waals surface area contributed by atoms with Crippen molar-refractivity contribution < 1.29 is 17.7 Å². The van der Waals surface area contributed by atoms with Gasteiger partial charge in [0.05, 0.1) is 15.1 Å². The summed E-state index contributed by atoms with van der Waals surface area (Å²) in [6.07, 6.45) is 0. The summed E-state index contributed by atoms with van der Waals surface area (Å²) in [5.41, 5.74) is 5.96. The van der Waals surface area contributed by atoms with E-state index in [4.69, 9.17) is 45.3 Å². The van der Waals surface area contributed by atoms with E-state index in [9.17, 15) is 13.0 Å². The predicted molar refractivity (Wildman–Crippen MR) is 88.0 cm³/mol. The SMILES string of the molecule is Nc1ccc(Oc2cc(Cl)c(Cl)cc2S(=O)(=O)O)c(Cl)c1.[Na]. The van der Waals surface area contributed by atoms with Crippen molar-refractivity contribution in [2.24, 2.45) is 0 Å². The Hall–Kier alpha value is -0.180. The third-order valence-electron chi connectivity index (χ3n) is 2.44. The second kappa shape index (κ2) is 7.59. The summed E-state index contributed by atoms with van der Waals surface area (Å²) in [4.78, 5) is -0.523. The van der Waals surface area contributed by atoms with Crippen molar-refractivity contribution >= 4 is 80.2 Å². The smallest absolute Gasteiger partial charge is 0.298 e. The van der Waals surface area contributed by atoms with E-state index in [0.29, 0.717) is 5.69 Å². The number of hydrogen-bond donors (Lipinski definition) is 2. The van der Waals surface area contributed by atoms with E-state index in [1.54, 1.807) is 0 Å². The third-order valence-corrected chi connectivity index (χ3v) is 4.33. The molecule has 113 valence electrons. The second-order valence-electron chi connectivity index (χ2n) is 3.98. The van der Waals surface area contributed by atoms with Crippen LogP contribution in [0, 0.1) is 0 Å². The minimum atomic E-state index is -4.55. The Kier molecular flexibility index (Phi) is 6.86. The molecule has 0 saturated carbocycles. The van der Waals surface area contributed by atoms with E-state index < -0.39 is 15.0 Å². The van der Waals surface area contributed by atoms with Crippen LogP contribution in [0.4, 0.5) is 5.69 Å². The van der Waals surface area contributed by atoms with E-state index >= 15 is 0 Å². The molecule has 2 aromatic carbocycles. The van der Waals surface area contributed by atoms with Crippen LogP contribution in [-0.4, -0.2) is 42.5 Å². The van der Waals surface area contributed by atoms with Crippen LogP contribution in [0.2, 0.25) is 15.1 Å². The van der Waals surface area contributed by atoms with Crippen LogP contribution >= 0.6 is 34.8 Å². The number of nitrogens with two attached hydrogens (primary N) is 1. The van der Waals surface area contributed by atoms with Crippen LogP contribution in [0.1, 0.15) is 0 Å². The van der Waals surface area contributed by atoms with Gasteiger partial charge in [0.15, 0.2) is 0 Å². The van der Waals surface area contributed by atoms with E-state index in [1.807, 2.05) is 0 Å². The van der Waals surface area contributed by atoms with Crippen LogP contribution in [-0.2, 0) is 10.1 Å². The first-order chi connectivity index (χ1) is 9.68. The molecule has 3 N–H and O–H groups in total. The van der Waals surface area contributed by atoms with Gasteiger partial charge < -0.3 is 10.5 Å². The third kappa shape index (κ3) is 4.66. The minimum absolute atomic E-state index is 0. The molecular formula is C12H8Cl3NNaO4S. The molecule has 0 atom stereocenters. The van der Waals surface area contributed by atoms with Gasteiger partial charge in [-0.25, -0.2) is 0 Å². The van der Waals surface area contributed by atoms with Crippen LogP contribution in [0.5, 0.6) is 11.5 Å². The Balaban J connectivity index is 0.00000242. The van der Waals surface area contributed by atoms with Gasteiger partial charge in [0.25, 0.3) is 10.1 Å². The number of rotatable bonds is 3. The van der Waals surface area contributed by atoms with Crippen molar-refractivity contribution in [2.45, 2.75) is 4.90 Å². The van der Waals surface area contributed by atoms with Crippen molar-refractivity contribution in [3.8, 4) is 11.5 Å². The number of halogens is 3. The first-order valence-electron chi connectivity index (χ1n) is 5.38. The summed E-state index contributed by atoms with van der Waals surface area (Å²) < 4.78 is 37.3. The molecule has 0 aliphatic rings. The molecular weight excluding hydrogens is 384 g/mol. The van der Waals surface area contributed by atoms with Crippen molar-refractivity contribution in [3.05, 3.63) is 45.4 Å². The summed E-state index contributed by atoms with van der Waals surface area (Å²) in [7, 11) is -4.55. The molecule has 0 unspecified atom stereocenters. The molecule has 0 amide bonds. The summed E-state index contributed by atoms with van der Waals surface area (Å²) in [5.74, 6) is -0.0623. The average Bonchev–Trinajstić information content (AvgIpc) is 2.35. The summed E-state index contributed by atoms with van der Waals surface area (Å²) in [6, 6.07) is 6.56. The van der Waals surface area contributed by atoms with E-state index in [2.05, 4.69) is 0 Å². The van der Waals surface area contributed by atoms with Crippen molar-refractivity contribution in [3.63, 3.8) is 0 Å². The van der Waals surface area contributed by atoms with Gasteiger partial charge in [-0.05, 0) is 24.3 Å². The van der Waals surface area contributed by atoms with Gasteiger partial charge in [0, 0.05) is 41.3 Å². The average molecular weight is 392 g/mol. The van der Waals surface area contributed by atoms with Crippen LogP contribution in [0.3, 0.4) is 0 Å². The largest absolute Gasteiger partial charge is 0.454 e. The van der Waals surface area contributed by atoms with Gasteiger partial charge in [0.2, 0.25) is 0 Å². The minimum Gasteiger partial charge on any atom is -0.454 e. The Morgan fingerprint density at radius 2 is 1.55 bits per heavy atom. The Morgan fingerprint density at radius 3 is 2.09 bits per heavy atom. The number of ether oxygens (including phenoxy) is 1. The first-order valence-corrected chi connectivity index (χ1v) is 7.95. The molecule has 0 saturated heterocycles. The standard InChI is InChI=1S/C12H8Cl3NO4S.Na/c13-7-4-11(12(5-8(7)14)21(17,18)19)20-10-2-1-6(16)3-9(10)15;/h1-5H,16H2,(H,17,18,19);. The van der Waals surface area contributed by atoms with E-state index in [-0.39, 0.29) is 56.1 Å². The molecule has 0 aliphatic heterocycles. The molecule has 0 bridgehead atoms. The van der Waals surface area contributed by atoms with Gasteiger partial charge in [-0.1, -0.05) is 34.8 Å². The molecule has 0 spiro atoms. The van der Waals surface area contributed by atoms with Crippen molar-refractivity contribution in [1.29, 1.82) is 0 Å². The fourth-order valence-corrected chi connectivity index (χ4v) is 2.74. The molecule has 22 heavy (non-hydrogen) atoms. The molecule has 0 aromatic heterocycles. The van der Waals surface area contributed by atoms with E-state index in [0.717, 1.165) is 6.07 Å². The molecule has 1 radical (unpaired) electrons. The molecule has 0 heterocycles. The Morgan fingerprint density at radius 1 is 0.955 bits per heavy atom. The van der Waals surface area contributed by atoms with Crippen LogP contribution in [0.25, 0.3) is 0 Å². The first kappa shape index (κ1) is 19.9. The molecule has 0 fully saturated rings. The maximum absolute atomic E-state index is 11.4. The normalized spacial score (nSPS) is 10.9. The monoisotopic (exact) mass is 390 g/mol. The Labute approximate surface area is 164 Å². The number of nitrogen functional groups attached to an aromatic ring is 1. The van der Waals surface area contributed by atoms with Gasteiger partial charge in [0.1, 0.15) is 16.4 Å². The molecule has 0 aliphatic carbocycles. The number of anilines is 1. The molecule has 2 aromatic rings. The Bertz CT molecular complexity index is 814. The van der Waals surface area contributed by atoms with Crippen LogP contribution in [0.15, 0.2) is 35.2 Å². The van der Waals surface area contributed by atoms with Crippen molar-refractivity contribution in [1.82, 2.24) is 0 Å². The van der Waals surface area contributed by atoms with E-state index in [1.165, 1.54) is 24.3 Å². The maximum Gasteiger partial charge on any atom is 0.298 e. The second-order valence-corrected chi connectivity index (χ2v) is 6.59. The topological polar surface area (TPSA) is 89.6 Å². The number of hydrogen-bond acceptors (Lipinski definition) is 4.